The Morgan fingerprint density at radius 1 is 1.11 bits per heavy atom. The van der Waals surface area contributed by atoms with Gasteiger partial charge in [0.25, 0.3) is 11.8 Å². The Morgan fingerprint density at radius 3 is 2.77 bits per heavy atom. The van der Waals surface area contributed by atoms with Crippen molar-refractivity contribution in [1.29, 1.82) is 0 Å². The van der Waals surface area contributed by atoms with Gasteiger partial charge in [0.1, 0.15) is 11.8 Å². The first-order valence-corrected chi connectivity index (χ1v) is 11.4. The van der Waals surface area contributed by atoms with Crippen LogP contribution in [0.15, 0.2) is 55.0 Å². The molecule has 0 unspecified atom stereocenters. The predicted molar refractivity (Wildman–Crippen MR) is 132 cm³/mol. The summed E-state index contributed by atoms with van der Waals surface area (Å²) in [7, 11) is 1.39. The molecule has 5 rings (SSSR count). The van der Waals surface area contributed by atoms with Crippen molar-refractivity contribution in [3.05, 3.63) is 88.4 Å². The number of anilines is 2. The number of carbonyl (C=O) groups is 2. The van der Waals surface area contributed by atoms with Crippen LogP contribution in [0.1, 0.15) is 55.4 Å². The van der Waals surface area contributed by atoms with Crippen LogP contribution in [0.25, 0.3) is 5.52 Å². The first kappa shape index (κ1) is 22.5. The van der Waals surface area contributed by atoms with Gasteiger partial charge < -0.3 is 10.6 Å². The summed E-state index contributed by atoms with van der Waals surface area (Å²) < 4.78 is 1.65. The Kier molecular flexibility index (Phi) is 5.92. The van der Waals surface area contributed by atoms with E-state index < -0.39 is 0 Å². The smallest absolute Gasteiger partial charge is 0.274 e. The molecule has 35 heavy (non-hydrogen) atoms. The third-order valence-electron chi connectivity index (χ3n) is 6.46. The van der Waals surface area contributed by atoms with Crippen LogP contribution in [0.4, 0.5) is 11.5 Å². The topological polar surface area (TPSA) is 110 Å². The molecule has 4 aromatic rings. The summed E-state index contributed by atoms with van der Waals surface area (Å²) in [6, 6.07) is 13.5. The van der Waals surface area contributed by atoms with Crippen LogP contribution >= 0.6 is 0 Å². The van der Waals surface area contributed by atoms with Crippen molar-refractivity contribution < 1.29 is 14.4 Å². The summed E-state index contributed by atoms with van der Waals surface area (Å²) in [5.41, 5.74) is 8.86. The van der Waals surface area contributed by atoms with Crippen molar-refractivity contribution in [2.24, 2.45) is 0 Å². The van der Waals surface area contributed by atoms with Crippen molar-refractivity contribution in [3.63, 3.8) is 0 Å². The molecule has 9 heteroatoms. The molecule has 0 aliphatic heterocycles. The Morgan fingerprint density at radius 2 is 1.94 bits per heavy atom. The number of fused-ring (bicyclic) bond motifs is 2. The summed E-state index contributed by atoms with van der Waals surface area (Å²) >= 11 is 0. The van der Waals surface area contributed by atoms with E-state index in [1.54, 1.807) is 22.8 Å². The van der Waals surface area contributed by atoms with Crippen molar-refractivity contribution in [2.75, 3.05) is 12.4 Å². The molecule has 0 radical (unpaired) electrons. The number of carbonyl (C=O) groups excluding carboxylic acids is 2. The van der Waals surface area contributed by atoms with Gasteiger partial charge in [0, 0.05) is 17.4 Å². The molecule has 3 N–H and O–H groups in total. The molecule has 2 aromatic carbocycles. The van der Waals surface area contributed by atoms with Crippen LogP contribution in [0, 0.1) is 13.8 Å². The van der Waals surface area contributed by atoms with Crippen molar-refractivity contribution in [3.8, 4) is 0 Å². The summed E-state index contributed by atoms with van der Waals surface area (Å²) in [6.45, 7) is 3.82. The van der Waals surface area contributed by atoms with Crippen LogP contribution < -0.4 is 16.1 Å². The molecule has 0 bridgehead atoms. The lowest BCUT2D eigenvalue weighted by Gasteiger charge is -2.14. The molecular weight excluding hydrogens is 444 g/mol. The molecule has 0 saturated heterocycles. The maximum absolute atomic E-state index is 13.3. The van der Waals surface area contributed by atoms with Gasteiger partial charge in [-0.3, -0.25) is 14.4 Å². The number of rotatable bonds is 6. The highest BCUT2D eigenvalue weighted by Gasteiger charge is 2.26. The Bertz CT molecular complexity index is 1440. The highest BCUT2D eigenvalue weighted by atomic mass is 16.6. The van der Waals surface area contributed by atoms with Crippen LogP contribution in [0.3, 0.4) is 0 Å². The van der Waals surface area contributed by atoms with E-state index in [1.165, 1.54) is 24.6 Å². The summed E-state index contributed by atoms with van der Waals surface area (Å²) in [6.07, 6.45) is 5.00. The van der Waals surface area contributed by atoms with E-state index in [4.69, 9.17) is 4.84 Å². The van der Waals surface area contributed by atoms with Crippen molar-refractivity contribution >= 4 is 28.8 Å². The number of amides is 2. The minimum atomic E-state index is -0.352. The zero-order valence-corrected chi connectivity index (χ0v) is 19.8. The second-order valence-corrected chi connectivity index (χ2v) is 8.62. The van der Waals surface area contributed by atoms with E-state index in [-0.39, 0.29) is 17.9 Å². The summed E-state index contributed by atoms with van der Waals surface area (Å²) in [4.78, 5) is 34.6. The Hall–Kier alpha value is -4.24. The van der Waals surface area contributed by atoms with Gasteiger partial charge in [0.15, 0.2) is 5.82 Å². The number of aromatic nitrogens is 3. The van der Waals surface area contributed by atoms with E-state index >= 15 is 0 Å². The van der Waals surface area contributed by atoms with Gasteiger partial charge in [0.2, 0.25) is 0 Å². The Balaban J connectivity index is 1.44. The van der Waals surface area contributed by atoms with E-state index in [2.05, 4.69) is 38.3 Å². The SMILES string of the molecule is CONC(=O)c1ccc(C)c(Nc2ncnn3cc(C(=O)N[C@H]4CCc5ccccc54)c(C)c23)c1. The lowest BCUT2D eigenvalue weighted by molar-refractivity contribution is 0.0537. The van der Waals surface area contributed by atoms with E-state index in [0.29, 0.717) is 28.1 Å². The molecule has 9 nitrogen and oxygen atoms in total. The largest absolute Gasteiger partial charge is 0.345 e. The van der Waals surface area contributed by atoms with Gasteiger partial charge in [-0.2, -0.15) is 5.10 Å². The number of nitrogens with zero attached hydrogens (tertiary/aromatic N) is 3. The lowest BCUT2D eigenvalue weighted by atomic mass is 10.1. The molecule has 2 heterocycles. The highest BCUT2D eigenvalue weighted by molar-refractivity contribution is 5.99. The minimum absolute atomic E-state index is 0.00609. The number of hydrogen-bond acceptors (Lipinski definition) is 6. The average Bonchev–Trinajstić information content (AvgIpc) is 3.42. The molecule has 2 aromatic heterocycles. The first-order chi connectivity index (χ1) is 17.0. The number of nitrogens with one attached hydrogen (secondary N) is 3. The van der Waals surface area contributed by atoms with Crippen LogP contribution in [0.5, 0.6) is 0 Å². The van der Waals surface area contributed by atoms with Gasteiger partial charge in [-0.25, -0.2) is 15.0 Å². The van der Waals surface area contributed by atoms with E-state index in [1.807, 2.05) is 32.0 Å². The fourth-order valence-electron chi connectivity index (χ4n) is 4.60. The van der Waals surface area contributed by atoms with Gasteiger partial charge in [-0.05, 0) is 61.1 Å². The lowest BCUT2D eigenvalue weighted by Crippen LogP contribution is -2.27. The Labute approximate surface area is 202 Å². The quantitative estimate of drug-likeness (QED) is 0.370. The van der Waals surface area contributed by atoms with Gasteiger partial charge >= 0.3 is 0 Å². The molecule has 2 amide bonds. The zero-order chi connectivity index (χ0) is 24.5. The molecule has 1 aliphatic carbocycles. The first-order valence-electron chi connectivity index (χ1n) is 11.4. The third-order valence-corrected chi connectivity index (χ3v) is 6.46. The monoisotopic (exact) mass is 470 g/mol. The second-order valence-electron chi connectivity index (χ2n) is 8.62. The molecule has 0 fully saturated rings. The van der Waals surface area contributed by atoms with Crippen LogP contribution in [-0.2, 0) is 11.3 Å². The van der Waals surface area contributed by atoms with Gasteiger partial charge in [-0.1, -0.05) is 30.3 Å². The predicted octanol–water partition coefficient (Wildman–Crippen LogP) is 3.80. The number of benzene rings is 2. The van der Waals surface area contributed by atoms with Gasteiger partial charge in [0.05, 0.1) is 18.7 Å². The minimum Gasteiger partial charge on any atom is -0.345 e. The zero-order valence-electron chi connectivity index (χ0n) is 19.8. The summed E-state index contributed by atoms with van der Waals surface area (Å²) in [5.74, 6) is 0.0416. The number of hydroxylamine groups is 1. The summed E-state index contributed by atoms with van der Waals surface area (Å²) in [5, 5.41) is 10.8. The highest BCUT2D eigenvalue weighted by Crippen LogP contribution is 2.32. The average molecular weight is 471 g/mol. The van der Waals surface area contributed by atoms with Gasteiger partial charge in [-0.15, -0.1) is 0 Å². The number of aryl methyl sites for hydroxylation is 3. The fourth-order valence-corrected chi connectivity index (χ4v) is 4.60. The van der Waals surface area contributed by atoms with E-state index in [0.717, 1.165) is 24.0 Å². The van der Waals surface area contributed by atoms with Crippen LogP contribution in [0.2, 0.25) is 0 Å². The van der Waals surface area contributed by atoms with E-state index in [9.17, 15) is 9.59 Å². The fraction of sp³-hybridized carbons (Fsp3) is 0.231. The third kappa shape index (κ3) is 4.22. The molecule has 0 spiro atoms. The van der Waals surface area contributed by atoms with Crippen LogP contribution in [-0.4, -0.2) is 33.5 Å². The molecule has 0 saturated carbocycles. The molecule has 1 aliphatic rings. The van der Waals surface area contributed by atoms with Crippen molar-refractivity contribution in [2.45, 2.75) is 32.7 Å². The second kappa shape index (κ2) is 9.19. The maximum atomic E-state index is 13.3. The molecule has 178 valence electrons. The number of hydrogen-bond donors (Lipinski definition) is 3. The molecule has 1 atom stereocenters. The van der Waals surface area contributed by atoms with Crippen molar-refractivity contribution in [1.82, 2.24) is 25.4 Å². The maximum Gasteiger partial charge on any atom is 0.274 e. The molecular formula is C26H26N6O3. The standard InChI is InChI=1S/C26H26N6O3/c1-15-8-9-18(25(33)31-35-3)12-22(15)29-24-23-16(2)20(13-32(23)28-14-27-24)26(34)30-21-11-10-17-6-4-5-7-19(17)21/h4-9,12-14,21H,10-11H2,1-3H3,(H,30,34)(H,31,33)(H,27,28,29)/t21-/m0/s1. The normalized spacial score (nSPS) is 14.5.